The smallest absolute Gasteiger partial charge is 0.411 e. The second kappa shape index (κ2) is 12.3. The summed E-state index contributed by atoms with van der Waals surface area (Å²) >= 11 is 0. The Morgan fingerprint density at radius 1 is 0.815 bits per heavy atom. The Morgan fingerprint density at radius 2 is 1.50 bits per heavy atom. The number of aromatic amines is 2. The Bertz CT molecular complexity index is 2290. The molecule has 3 aliphatic carbocycles. The molecule has 5 aliphatic rings. The van der Waals surface area contributed by atoms with Crippen LogP contribution in [0.2, 0.25) is 0 Å². The van der Waals surface area contributed by atoms with Crippen LogP contribution in [0.3, 0.4) is 0 Å². The van der Waals surface area contributed by atoms with Gasteiger partial charge in [-0.15, -0.1) is 0 Å². The van der Waals surface area contributed by atoms with Crippen molar-refractivity contribution >= 4 is 12.2 Å². The largest absolute Gasteiger partial charge is 0.445 e. The molecule has 2 saturated heterocycles. The van der Waals surface area contributed by atoms with Gasteiger partial charge in [-0.05, 0) is 106 Å². The van der Waals surface area contributed by atoms with E-state index in [-0.39, 0.29) is 48.8 Å². The van der Waals surface area contributed by atoms with Gasteiger partial charge in [0.25, 0.3) is 0 Å². The number of rotatable bonds is 6. The van der Waals surface area contributed by atoms with Crippen molar-refractivity contribution in [2.75, 3.05) is 0 Å². The van der Waals surface area contributed by atoms with Crippen LogP contribution in [-0.2, 0) is 28.9 Å². The van der Waals surface area contributed by atoms with E-state index in [0.717, 1.165) is 78.0 Å². The number of fused-ring (bicyclic) bond motifs is 5. The summed E-state index contributed by atoms with van der Waals surface area (Å²) in [6.45, 7) is 5.86. The number of hydrogen-bond acceptors (Lipinski definition) is 6. The molecule has 5 aromatic rings. The predicted octanol–water partition coefficient (Wildman–Crippen LogP) is 8.91. The highest BCUT2D eigenvalue weighted by Gasteiger charge is 2.57. The maximum atomic E-state index is 15.8. The standard InChI is InChI=1S/C43H43FN6O4/c1-43(2,3)54-42(52)50-35-18-27(35)19-36(50)39-45-21-33(47-39)30-13-10-25(16-31(30)44)24-9-12-29-26(15-24)11-14-32-38(29)48-40(46-32)37-20-28-17-34(28)49(37)41(51)53-22-23-7-5-4-6-8-23/h4-10,12-13,15-16,21,27-28,34-37H,11,14,17-20,22H2,1-3H3,(H,45,47)(H,46,48)/t27?,28-,34?,35-,36+,37+/m1/s1. The van der Waals surface area contributed by atoms with Gasteiger partial charge in [0.05, 0.1) is 29.7 Å². The Labute approximate surface area is 313 Å². The van der Waals surface area contributed by atoms with E-state index in [2.05, 4.69) is 27.1 Å². The summed E-state index contributed by atoms with van der Waals surface area (Å²) in [6, 6.07) is 21.4. The fraction of sp³-hybridized carbons (Fsp3) is 0.395. The molecule has 10 nitrogen and oxygen atoms in total. The zero-order valence-electron chi connectivity index (χ0n) is 30.6. The lowest BCUT2D eigenvalue weighted by Gasteiger charge is -2.29. The first kappa shape index (κ1) is 33.1. The molecular weight excluding hydrogens is 684 g/mol. The van der Waals surface area contributed by atoms with Crippen molar-refractivity contribution in [3.63, 3.8) is 0 Å². The summed E-state index contributed by atoms with van der Waals surface area (Å²) in [4.78, 5) is 46.7. The molecule has 10 rings (SSSR count). The highest BCUT2D eigenvalue weighted by atomic mass is 19.1. The number of halogens is 1. The third kappa shape index (κ3) is 5.84. The van der Waals surface area contributed by atoms with Crippen molar-refractivity contribution in [3.8, 4) is 33.6 Å². The van der Waals surface area contributed by atoms with Crippen molar-refractivity contribution in [1.29, 1.82) is 0 Å². The SMILES string of the molecule is CC(C)(C)OC(=O)N1[C@@H]2CC2C[C@H]1c1ncc(-c2ccc(-c3ccc4c(c3)CCc3[nH]c([C@@H]5C[C@H]6CC6N5C(=O)OCc5ccccc5)nc3-4)cc2F)[nH]1. The van der Waals surface area contributed by atoms with Crippen LogP contribution in [-0.4, -0.2) is 59.6 Å². The predicted molar refractivity (Wildman–Crippen MR) is 199 cm³/mol. The first-order valence-electron chi connectivity index (χ1n) is 19.2. The molecule has 4 heterocycles. The molecule has 2 aliphatic heterocycles. The Balaban J connectivity index is 0.853. The van der Waals surface area contributed by atoms with E-state index in [1.807, 2.05) is 73.0 Å². The van der Waals surface area contributed by atoms with E-state index in [9.17, 15) is 9.59 Å². The molecule has 2 amide bonds. The maximum absolute atomic E-state index is 15.8. The molecular formula is C43H43FN6O4. The molecule has 11 heteroatoms. The van der Waals surface area contributed by atoms with E-state index in [1.165, 1.54) is 5.56 Å². The van der Waals surface area contributed by atoms with Crippen LogP contribution >= 0.6 is 0 Å². The number of amides is 2. The zero-order valence-corrected chi connectivity index (χ0v) is 30.6. The molecule has 4 fully saturated rings. The van der Waals surface area contributed by atoms with Crippen molar-refractivity contribution in [1.82, 2.24) is 29.7 Å². The Morgan fingerprint density at radius 3 is 2.22 bits per heavy atom. The van der Waals surface area contributed by atoms with Gasteiger partial charge in [-0.1, -0.05) is 54.6 Å². The highest BCUT2D eigenvalue weighted by molar-refractivity contribution is 5.77. The zero-order chi connectivity index (χ0) is 36.9. The molecule has 0 bridgehead atoms. The van der Waals surface area contributed by atoms with Gasteiger partial charge in [0.2, 0.25) is 0 Å². The fourth-order valence-corrected chi connectivity index (χ4v) is 9.05. The topological polar surface area (TPSA) is 116 Å². The first-order chi connectivity index (χ1) is 26.1. The molecule has 2 saturated carbocycles. The molecule has 2 unspecified atom stereocenters. The highest BCUT2D eigenvalue weighted by Crippen LogP contribution is 2.55. The van der Waals surface area contributed by atoms with Crippen LogP contribution in [0.25, 0.3) is 33.6 Å². The second-order valence-corrected chi connectivity index (χ2v) is 16.7. The molecule has 6 atom stereocenters. The number of nitrogens with zero attached hydrogens (tertiary/aromatic N) is 4. The van der Waals surface area contributed by atoms with E-state index in [1.54, 1.807) is 18.3 Å². The summed E-state index contributed by atoms with van der Waals surface area (Å²) in [5.41, 5.74) is 7.35. The van der Waals surface area contributed by atoms with E-state index in [4.69, 9.17) is 14.5 Å². The molecule has 276 valence electrons. The lowest BCUT2D eigenvalue weighted by atomic mass is 9.89. The Hall–Kier alpha value is -5.45. The van der Waals surface area contributed by atoms with Crippen LogP contribution in [0.4, 0.5) is 14.0 Å². The number of imidazole rings is 2. The lowest BCUT2D eigenvalue weighted by molar-refractivity contribution is 0.0175. The molecule has 0 spiro atoms. The van der Waals surface area contributed by atoms with Gasteiger partial charge < -0.3 is 19.4 Å². The van der Waals surface area contributed by atoms with Gasteiger partial charge in [-0.2, -0.15) is 0 Å². The van der Waals surface area contributed by atoms with Crippen molar-refractivity contribution in [2.45, 2.75) is 95.7 Å². The van der Waals surface area contributed by atoms with E-state index >= 15 is 4.39 Å². The fourth-order valence-electron chi connectivity index (χ4n) is 9.05. The molecule has 2 N–H and O–H groups in total. The number of carbonyl (C=O) groups is 2. The number of aromatic nitrogens is 4. The number of hydrogen-bond donors (Lipinski definition) is 2. The minimum atomic E-state index is -0.586. The summed E-state index contributed by atoms with van der Waals surface area (Å²) in [7, 11) is 0. The third-order valence-corrected chi connectivity index (χ3v) is 11.9. The lowest BCUT2D eigenvalue weighted by Crippen LogP contribution is -2.38. The van der Waals surface area contributed by atoms with Crippen LogP contribution < -0.4 is 0 Å². The van der Waals surface area contributed by atoms with Crippen molar-refractivity contribution in [2.24, 2.45) is 11.8 Å². The summed E-state index contributed by atoms with van der Waals surface area (Å²) in [6.07, 6.45) is 6.39. The maximum Gasteiger partial charge on any atom is 0.411 e. The van der Waals surface area contributed by atoms with Gasteiger partial charge in [0, 0.05) is 28.9 Å². The summed E-state index contributed by atoms with van der Waals surface area (Å²) in [5, 5.41) is 0. The number of benzene rings is 3. The molecule has 54 heavy (non-hydrogen) atoms. The van der Waals surface area contributed by atoms with Gasteiger partial charge in [-0.3, -0.25) is 9.80 Å². The van der Waals surface area contributed by atoms with Crippen LogP contribution in [0, 0.1) is 17.7 Å². The number of likely N-dealkylation sites (tertiary alicyclic amines) is 2. The van der Waals surface area contributed by atoms with Gasteiger partial charge >= 0.3 is 12.2 Å². The second-order valence-electron chi connectivity index (χ2n) is 16.7. The number of nitrogens with one attached hydrogen (secondary N) is 2. The van der Waals surface area contributed by atoms with Crippen LogP contribution in [0.15, 0.2) is 72.9 Å². The van der Waals surface area contributed by atoms with Gasteiger partial charge in [-0.25, -0.2) is 23.9 Å². The summed E-state index contributed by atoms with van der Waals surface area (Å²) < 4.78 is 27.3. The minimum Gasteiger partial charge on any atom is -0.445 e. The summed E-state index contributed by atoms with van der Waals surface area (Å²) in [5.74, 6) is 2.07. The van der Waals surface area contributed by atoms with Crippen LogP contribution in [0.1, 0.15) is 87.0 Å². The average Bonchev–Trinajstić information content (AvgIpc) is 3.77. The van der Waals surface area contributed by atoms with E-state index < -0.39 is 5.60 Å². The molecule has 3 aromatic carbocycles. The van der Waals surface area contributed by atoms with Crippen LogP contribution in [0.5, 0.6) is 0 Å². The monoisotopic (exact) mass is 726 g/mol. The molecule has 0 radical (unpaired) electrons. The average molecular weight is 727 g/mol. The molecule has 2 aromatic heterocycles. The number of aryl methyl sites for hydroxylation is 2. The quantitative estimate of drug-likeness (QED) is 0.181. The Kier molecular flexibility index (Phi) is 7.55. The third-order valence-electron chi connectivity index (χ3n) is 11.9. The number of piperidine rings is 2. The van der Waals surface area contributed by atoms with E-state index in [0.29, 0.717) is 28.9 Å². The number of carbonyl (C=O) groups excluding carboxylic acids is 2. The first-order valence-corrected chi connectivity index (χ1v) is 19.2. The normalized spacial score (nSPS) is 24.7. The van der Waals surface area contributed by atoms with Crippen molar-refractivity contribution in [3.05, 3.63) is 107 Å². The minimum absolute atomic E-state index is 0.134. The number of ether oxygens (including phenoxy) is 2. The van der Waals surface area contributed by atoms with Gasteiger partial charge in [0.15, 0.2) is 0 Å². The number of H-pyrrole nitrogens is 2. The van der Waals surface area contributed by atoms with Crippen molar-refractivity contribution < 1.29 is 23.5 Å². The van der Waals surface area contributed by atoms with Gasteiger partial charge in [0.1, 0.15) is 29.7 Å².